The van der Waals surface area contributed by atoms with Crippen LogP contribution in [0.25, 0.3) is 10.9 Å². The van der Waals surface area contributed by atoms with Gasteiger partial charge in [0.1, 0.15) is 0 Å². The Bertz CT molecular complexity index is 1380. The van der Waals surface area contributed by atoms with E-state index in [-0.39, 0.29) is 11.8 Å². The lowest BCUT2D eigenvalue weighted by molar-refractivity contribution is -0.114. The molecule has 2 amide bonds. The first-order valence-electron chi connectivity index (χ1n) is 12.3. The van der Waals surface area contributed by atoms with Gasteiger partial charge in [-0.3, -0.25) is 19.5 Å². The lowest BCUT2D eigenvalue weighted by Gasteiger charge is -2.34. The summed E-state index contributed by atoms with van der Waals surface area (Å²) in [7, 11) is 0. The number of fused-ring (bicyclic) bond motifs is 1. The van der Waals surface area contributed by atoms with Gasteiger partial charge in [0.25, 0.3) is 5.91 Å². The van der Waals surface area contributed by atoms with Crippen molar-refractivity contribution in [2.45, 2.75) is 18.4 Å². The van der Waals surface area contributed by atoms with Gasteiger partial charge in [-0.2, -0.15) is 0 Å². The van der Waals surface area contributed by atoms with Crippen molar-refractivity contribution in [1.29, 1.82) is 0 Å². The molecule has 0 atom stereocenters. The molecule has 37 heavy (non-hydrogen) atoms. The highest BCUT2D eigenvalue weighted by Gasteiger charge is 2.22. The number of carbonyl (C=O) groups excluding carboxylic acids is 2. The van der Waals surface area contributed by atoms with Gasteiger partial charge in [-0.1, -0.05) is 30.3 Å². The Balaban J connectivity index is 1.11. The number of piperazine rings is 1. The van der Waals surface area contributed by atoms with Gasteiger partial charge in [-0.15, -0.1) is 0 Å². The molecule has 1 aliphatic heterocycles. The fourth-order valence-electron chi connectivity index (χ4n) is 4.40. The number of rotatable bonds is 7. The first-order valence-corrected chi connectivity index (χ1v) is 13.1. The molecular formula is C29H29N5O2S. The molecule has 8 heteroatoms. The van der Waals surface area contributed by atoms with Gasteiger partial charge in [0, 0.05) is 68.2 Å². The predicted molar refractivity (Wildman–Crippen MR) is 150 cm³/mol. The number of carbonyl (C=O) groups is 2. The summed E-state index contributed by atoms with van der Waals surface area (Å²) in [5.41, 5.74) is 4.59. The zero-order valence-electron chi connectivity index (χ0n) is 20.7. The van der Waals surface area contributed by atoms with Crippen LogP contribution in [0.1, 0.15) is 22.8 Å². The third-order valence-corrected chi connectivity index (χ3v) is 7.23. The summed E-state index contributed by atoms with van der Waals surface area (Å²) in [6, 6.07) is 25.7. The van der Waals surface area contributed by atoms with Crippen molar-refractivity contribution in [2.75, 3.05) is 36.2 Å². The largest absolute Gasteiger partial charge is 0.336 e. The van der Waals surface area contributed by atoms with Crippen LogP contribution in [-0.2, 0) is 11.3 Å². The molecule has 4 aromatic rings. The second-order valence-electron chi connectivity index (χ2n) is 9.06. The average molecular weight is 512 g/mol. The molecule has 0 bridgehead atoms. The number of pyridine rings is 1. The number of para-hydroxylation sites is 1. The Morgan fingerprint density at radius 1 is 0.865 bits per heavy atom. The molecule has 3 aromatic carbocycles. The van der Waals surface area contributed by atoms with E-state index in [0.29, 0.717) is 18.7 Å². The van der Waals surface area contributed by atoms with Crippen molar-refractivity contribution in [1.82, 2.24) is 14.8 Å². The van der Waals surface area contributed by atoms with Gasteiger partial charge in [0.15, 0.2) is 0 Å². The van der Waals surface area contributed by atoms with Crippen molar-refractivity contribution in [2.24, 2.45) is 0 Å². The summed E-state index contributed by atoms with van der Waals surface area (Å²) >= 11 is 1.52. The van der Waals surface area contributed by atoms with Crippen LogP contribution >= 0.6 is 11.9 Å². The van der Waals surface area contributed by atoms with Crippen LogP contribution in [0, 0.1) is 0 Å². The van der Waals surface area contributed by atoms with Gasteiger partial charge >= 0.3 is 0 Å². The molecule has 0 saturated carbocycles. The molecule has 0 unspecified atom stereocenters. The van der Waals surface area contributed by atoms with E-state index in [9.17, 15) is 9.59 Å². The lowest BCUT2D eigenvalue weighted by Crippen LogP contribution is -2.48. The molecule has 2 N–H and O–H groups in total. The van der Waals surface area contributed by atoms with E-state index in [1.54, 1.807) is 6.20 Å². The lowest BCUT2D eigenvalue weighted by atomic mass is 10.1. The van der Waals surface area contributed by atoms with E-state index in [1.807, 2.05) is 71.6 Å². The van der Waals surface area contributed by atoms with Crippen LogP contribution in [-0.4, -0.2) is 52.8 Å². The standard InChI is InChI=1S/C29H29N5O2S/c1-21(35)31-25-11-7-22(8-12-25)20-33-16-18-34(19-17-33)29(36)24-9-13-26(14-10-24)32-37-27-6-2-4-23-5-3-15-30-28(23)27/h2-15,32H,16-20H2,1H3,(H,31,35). The minimum absolute atomic E-state index is 0.0665. The summed E-state index contributed by atoms with van der Waals surface area (Å²) in [5.74, 6) is -0.00596. The van der Waals surface area contributed by atoms with Crippen LogP contribution < -0.4 is 10.0 Å². The third kappa shape index (κ3) is 6.28. The van der Waals surface area contributed by atoms with E-state index in [2.05, 4.69) is 32.1 Å². The highest BCUT2D eigenvalue weighted by atomic mass is 32.2. The second kappa shape index (κ2) is 11.5. The number of nitrogens with zero attached hydrogens (tertiary/aromatic N) is 3. The van der Waals surface area contributed by atoms with Crippen LogP contribution in [0.2, 0.25) is 0 Å². The highest BCUT2D eigenvalue weighted by molar-refractivity contribution is 8.00. The number of amides is 2. The Morgan fingerprint density at radius 3 is 2.30 bits per heavy atom. The molecule has 0 radical (unpaired) electrons. The van der Waals surface area contributed by atoms with E-state index >= 15 is 0 Å². The summed E-state index contributed by atoms with van der Waals surface area (Å²) in [5, 5.41) is 3.90. The second-order valence-corrected chi connectivity index (χ2v) is 9.91. The van der Waals surface area contributed by atoms with Gasteiger partial charge in [-0.25, -0.2) is 0 Å². The van der Waals surface area contributed by atoms with Gasteiger partial charge < -0.3 is 14.9 Å². The summed E-state index contributed by atoms with van der Waals surface area (Å²) in [6.07, 6.45) is 1.80. The maximum atomic E-state index is 13.1. The van der Waals surface area contributed by atoms with Crippen LogP contribution in [0.3, 0.4) is 0 Å². The molecule has 1 aliphatic rings. The Labute approximate surface area is 221 Å². The predicted octanol–water partition coefficient (Wildman–Crippen LogP) is 5.27. The molecular weight excluding hydrogens is 482 g/mol. The number of anilines is 2. The summed E-state index contributed by atoms with van der Waals surface area (Å²) < 4.78 is 3.36. The first-order chi connectivity index (χ1) is 18.0. The fraction of sp³-hybridized carbons (Fsp3) is 0.207. The molecule has 1 fully saturated rings. The smallest absolute Gasteiger partial charge is 0.253 e. The Morgan fingerprint density at radius 2 is 1.57 bits per heavy atom. The fourth-order valence-corrected chi connectivity index (χ4v) is 5.18. The molecule has 0 aliphatic carbocycles. The van der Waals surface area contributed by atoms with Crippen molar-refractivity contribution in [3.8, 4) is 0 Å². The van der Waals surface area contributed by atoms with Crippen LogP contribution in [0.4, 0.5) is 11.4 Å². The number of benzene rings is 3. The van der Waals surface area contributed by atoms with Crippen molar-refractivity contribution in [3.05, 3.63) is 96.2 Å². The van der Waals surface area contributed by atoms with Gasteiger partial charge in [0.2, 0.25) is 5.91 Å². The van der Waals surface area contributed by atoms with E-state index in [0.717, 1.165) is 46.8 Å². The normalized spacial score (nSPS) is 13.9. The van der Waals surface area contributed by atoms with E-state index < -0.39 is 0 Å². The zero-order chi connectivity index (χ0) is 25.6. The van der Waals surface area contributed by atoms with Crippen molar-refractivity contribution >= 4 is 46.0 Å². The minimum atomic E-state index is -0.0724. The zero-order valence-corrected chi connectivity index (χ0v) is 21.5. The van der Waals surface area contributed by atoms with E-state index in [4.69, 9.17) is 0 Å². The SMILES string of the molecule is CC(=O)Nc1ccc(CN2CCN(C(=O)c3ccc(NSc4cccc5cccnc45)cc3)CC2)cc1. The third-order valence-electron chi connectivity index (χ3n) is 6.35. The summed E-state index contributed by atoms with van der Waals surface area (Å²) in [4.78, 5) is 34.1. The van der Waals surface area contributed by atoms with Crippen molar-refractivity contribution < 1.29 is 9.59 Å². The highest BCUT2D eigenvalue weighted by Crippen LogP contribution is 2.27. The minimum Gasteiger partial charge on any atom is -0.336 e. The molecule has 1 saturated heterocycles. The number of aromatic nitrogens is 1. The van der Waals surface area contributed by atoms with Gasteiger partial charge in [-0.05, 0) is 66.0 Å². The Kier molecular flexibility index (Phi) is 7.67. The van der Waals surface area contributed by atoms with Crippen molar-refractivity contribution in [3.63, 3.8) is 0 Å². The molecule has 2 heterocycles. The van der Waals surface area contributed by atoms with E-state index in [1.165, 1.54) is 24.4 Å². The molecule has 0 spiro atoms. The number of hydrogen-bond donors (Lipinski definition) is 2. The average Bonchev–Trinajstić information content (AvgIpc) is 2.93. The molecule has 5 rings (SSSR count). The Hall–Kier alpha value is -3.88. The maximum Gasteiger partial charge on any atom is 0.253 e. The van der Waals surface area contributed by atoms with Crippen LogP contribution in [0.5, 0.6) is 0 Å². The summed E-state index contributed by atoms with van der Waals surface area (Å²) in [6.45, 7) is 5.39. The van der Waals surface area contributed by atoms with Gasteiger partial charge in [0.05, 0.1) is 10.4 Å². The number of nitrogens with one attached hydrogen (secondary N) is 2. The first kappa shape index (κ1) is 24.8. The number of hydrogen-bond acceptors (Lipinski definition) is 6. The molecule has 1 aromatic heterocycles. The molecule has 188 valence electrons. The topological polar surface area (TPSA) is 77.6 Å². The maximum absolute atomic E-state index is 13.1. The molecule has 7 nitrogen and oxygen atoms in total. The monoisotopic (exact) mass is 511 g/mol. The van der Waals surface area contributed by atoms with Crippen LogP contribution in [0.15, 0.2) is 90.0 Å². The quantitative estimate of drug-likeness (QED) is 0.329.